The van der Waals surface area contributed by atoms with Crippen molar-refractivity contribution in [3.63, 3.8) is 0 Å². The van der Waals surface area contributed by atoms with Crippen molar-refractivity contribution in [3.05, 3.63) is 42.5 Å². The van der Waals surface area contributed by atoms with Crippen LogP contribution < -0.4 is 18.9 Å². The zero-order chi connectivity index (χ0) is 15.8. The molecular formula is C17H20O5. The fourth-order valence-electron chi connectivity index (χ4n) is 1.95. The van der Waals surface area contributed by atoms with Crippen LogP contribution in [0.5, 0.6) is 28.7 Å². The molecule has 0 radical (unpaired) electrons. The van der Waals surface area contributed by atoms with Gasteiger partial charge in [0, 0.05) is 0 Å². The standard InChI is InChI=1S/C17H20O5/c1-3-20-17-13(18)7-6-10-16(17)22-12-11-21-15-9-5-4-8-14(15)19-2/h4-10,18H,3,11-12H2,1-2H3. The van der Waals surface area contributed by atoms with Crippen LogP contribution in [0.2, 0.25) is 0 Å². The maximum atomic E-state index is 9.77. The lowest BCUT2D eigenvalue weighted by Gasteiger charge is -2.14. The predicted octanol–water partition coefficient (Wildman–Crippen LogP) is 3.26. The molecule has 2 aromatic carbocycles. The second-order valence-electron chi connectivity index (χ2n) is 4.39. The van der Waals surface area contributed by atoms with Crippen LogP contribution >= 0.6 is 0 Å². The number of aromatic hydroxyl groups is 1. The monoisotopic (exact) mass is 304 g/mol. The maximum Gasteiger partial charge on any atom is 0.203 e. The van der Waals surface area contributed by atoms with Crippen molar-refractivity contribution in [2.75, 3.05) is 26.9 Å². The fraction of sp³-hybridized carbons (Fsp3) is 0.294. The first-order chi connectivity index (χ1) is 10.8. The summed E-state index contributed by atoms with van der Waals surface area (Å²) in [5, 5.41) is 9.77. The van der Waals surface area contributed by atoms with Crippen molar-refractivity contribution in [3.8, 4) is 28.7 Å². The number of benzene rings is 2. The molecule has 0 bridgehead atoms. The summed E-state index contributed by atoms with van der Waals surface area (Å²) in [6.07, 6.45) is 0. The van der Waals surface area contributed by atoms with Crippen molar-refractivity contribution < 1.29 is 24.1 Å². The Bertz CT molecular complexity index is 597. The number of phenols is 1. The Balaban J connectivity index is 1.90. The zero-order valence-corrected chi connectivity index (χ0v) is 12.7. The highest BCUT2D eigenvalue weighted by Gasteiger charge is 2.10. The van der Waals surface area contributed by atoms with Crippen LogP contribution in [0.15, 0.2) is 42.5 Å². The van der Waals surface area contributed by atoms with E-state index in [1.807, 2.05) is 31.2 Å². The minimum absolute atomic E-state index is 0.0602. The van der Waals surface area contributed by atoms with Gasteiger partial charge in [-0.3, -0.25) is 0 Å². The van der Waals surface area contributed by atoms with Gasteiger partial charge in [0.1, 0.15) is 13.2 Å². The van der Waals surface area contributed by atoms with Gasteiger partial charge >= 0.3 is 0 Å². The highest BCUT2D eigenvalue weighted by molar-refractivity contribution is 5.50. The van der Waals surface area contributed by atoms with Gasteiger partial charge in [0.05, 0.1) is 13.7 Å². The minimum atomic E-state index is 0.0602. The van der Waals surface area contributed by atoms with Gasteiger partial charge in [-0.2, -0.15) is 0 Å². The predicted molar refractivity (Wildman–Crippen MR) is 83.3 cm³/mol. The quantitative estimate of drug-likeness (QED) is 0.759. The smallest absolute Gasteiger partial charge is 0.203 e. The van der Waals surface area contributed by atoms with Gasteiger partial charge in [0.2, 0.25) is 5.75 Å². The van der Waals surface area contributed by atoms with E-state index in [-0.39, 0.29) is 5.75 Å². The van der Waals surface area contributed by atoms with Crippen molar-refractivity contribution in [1.29, 1.82) is 0 Å². The number of hydrogen-bond acceptors (Lipinski definition) is 5. The maximum absolute atomic E-state index is 9.77. The van der Waals surface area contributed by atoms with Gasteiger partial charge < -0.3 is 24.1 Å². The molecule has 0 amide bonds. The summed E-state index contributed by atoms with van der Waals surface area (Å²) in [7, 11) is 1.60. The Kier molecular flexibility index (Phi) is 5.77. The lowest BCUT2D eigenvalue weighted by atomic mass is 10.3. The molecule has 0 saturated carbocycles. The fourth-order valence-corrected chi connectivity index (χ4v) is 1.95. The van der Waals surface area contributed by atoms with E-state index in [9.17, 15) is 5.11 Å². The Hall–Kier alpha value is -2.56. The van der Waals surface area contributed by atoms with Crippen LogP contribution in [0.3, 0.4) is 0 Å². The Morgan fingerprint density at radius 3 is 2.14 bits per heavy atom. The van der Waals surface area contributed by atoms with E-state index in [1.54, 1.807) is 25.3 Å². The van der Waals surface area contributed by atoms with Crippen molar-refractivity contribution in [1.82, 2.24) is 0 Å². The Labute approximate surface area is 130 Å². The molecule has 5 nitrogen and oxygen atoms in total. The zero-order valence-electron chi connectivity index (χ0n) is 12.7. The number of methoxy groups -OCH3 is 1. The van der Waals surface area contributed by atoms with E-state index in [0.29, 0.717) is 42.8 Å². The van der Waals surface area contributed by atoms with Gasteiger partial charge in [-0.1, -0.05) is 18.2 Å². The van der Waals surface area contributed by atoms with Crippen LogP contribution in [0.1, 0.15) is 6.92 Å². The molecule has 118 valence electrons. The molecular weight excluding hydrogens is 284 g/mol. The van der Waals surface area contributed by atoms with Gasteiger partial charge in [-0.05, 0) is 31.2 Å². The molecule has 0 heterocycles. The van der Waals surface area contributed by atoms with E-state index in [2.05, 4.69) is 0 Å². The van der Waals surface area contributed by atoms with E-state index in [0.717, 1.165) is 0 Å². The lowest BCUT2D eigenvalue weighted by Crippen LogP contribution is -2.10. The molecule has 0 atom stereocenters. The van der Waals surface area contributed by atoms with Crippen LogP contribution in [0.4, 0.5) is 0 Å². The molecule has 0 unspecified atom stereocenters. The molecule has 0 spiro atoms. The molecule has 2 rings (SSSR count). The first-order valence-corrected chi connectivity index (χ1v) is 7.09. The molecule has 1 N–H and O–H groups in total. The second-order valence-corrected chi connectivity index (χ2v) is 4.39. The number of rotatable bonds is 8. The number of hydrogen-bond donors (Lipinski definition) is 1. The minimum Gasteiger partial charge on any atom is -0.504 e. The molecule has 0 aliphatic rings. The van der Waals surface area contributed by atoms with Crippen LogP contribution in [-0.4, -0.2) is 32.0 Å². The van der Waals surface area contributed by atoms with Gasteiger partial charge in [0.15, 0.2) is 23.0 Å². The normalized spacial score (nSPS) is 10.1. The van der Waals surface area contributed by atoms with Gasteiger partial charge in [-0.15, -0.1) is 0 Å². The van der Waals surface area contributed by atoms with Gasteiger partial charge in [0.25, 0.3) is 0 Å². The number of para-hydroxylation sites is 3. The summed E-state index contributed by atoms with van der Waals surface area (Å²) in [6.45, 7) is 2.97. The Morgan fingerprint density at radius 1 is 0.818 bits per heavy atom. The molecule has 2 aromatic rings. The average Bonchev–Trinajstić information content (AvgIpc) is 2.55. The third-order valence-corrected chi connectivity index (χ3v) is 2.91. The second kappa shape index (κ2) is 8.02. The number of phenolic OH excluding ortho intramolecular Hbond substituents is 1. The topological polar surface area (TPSA) is 57.2 Å². The average molecular weight is 304 g/mol. The van der Waals surface area contributed by atoms with E-state index >= 15 is 0 Å². The van der Waals surface area contributed by atoms with Crippen LogP contribution in [0.25, 0.3) is 0 Å². The molecule has 5 heteroatoms. The highest BCUT2D eigenvalue weighted by Crippen LogP contribution is 2.36. The molecule has 0 saturated heterocycles. The van der Waals surface area contributed by atoms with Gasteiger partial charge in [-0.25, -0.2) is 0 Å². The first-order valence-electron chi connectivity index (χ1n) is 7.09. The SMILES string of the molecule is CCOc1c(O)cccc1OCCOc1ccccc1OC. The summed E-state index contributed by atoms with van der Waals surface area (Å²) in [5.41, 5.74) is 0. The molecule has 0 aliphatic carbocycles. The lowest BCUT2D eigenvalue weighted by molar-refractivity contribution is 0.202. The van der Waals surface area contributed by atoms with E-state index < -0.39 is 0 Å². The van der Waals surface area contributed by atoms with Crippen molar-refractivity contribution in [2.24, 2.45) is 0 Å². The van der Waals surface area contributed by atoms with Crippen LogP contribution in [0, 0.1) is 0 Å². The summed E-state index contributed by atoms with van der Waals surface area (Å²) in [6, 6.07) is 12.4. The highest BCUT2D eigenvalue weighted by atomic mass is 16.6. The van der Waals surface area contributed by atoms with E-state index in [1.165, 1.54) is 0 Å². The Morgan fingerprint density at radius 2 is 1.45 bits per heavy atom. The summed E-state index contributed by atoms with van der Waals surface area (Å²) < 4.78 is 21.8. The first kappa shape index (κ1) is 15.8. The largest absolute Gasteiger partial charge is 0.504 e. The van der Waals surface area contributed by atoms with Crippen LogP contribution in [-0.2, 0) is 0 Å². The van der Waals surface area contributed by atoms with E-state index in [4.69, 9.17) is 18.9 Å². The molecule has 0 aromatic heterocycles. The summed E-state index contributed by atoms with van der Waals surface area (Å²) >= 11 is 0. The summed E-state index contributed by atoms with van der Waals surface area (Å²) in [4.78, 5) is 0. The number of ether oxygens (including phenoxy) is 4. The van der Waals surface area contributed by atoms with Crippen molar-refractivity contribution in [2.45, 2.75) is 6.92 Å². The third-order valence-electron chi connectivity index (χ3n) is 2.91. The summed E-state index contributed by atoms with van der Waals surface area (Å²) in [5.74, 6) is 2.24. The molecule has 0 aliphatic heterocycles. The third kappa shape index (κ3) is 3.97. The van der Waals surface area contributed by atoms with Crippen molar-refractivity contribution >= 4 is 0 Å². The molecule has 0 fully saturated rings. The molecule has 22 heavy (non-hydrogen) atoms.